The summed E-state index contributed by atoms with van der Waals surface area (Å²) in [5, 5.41) is 26.8. The van der Waals surface area contributed by atoms with Gasteiger partial charge in [-0.15, -0.1) is 38.3 Å². The smallest absolute Gasteiger partial charge is 0.0596 e. The monoisotopic (exact) mass is 850 g/mol. The fourth-order valence-electron chi connectivity index (χ4n) is 5.92. The molecule has 0 aromatic carbocycles. The average molecular weight is 852 g/mol. The Balaban J connectivity index is 0.000000304. The predicted octanol–water partition coefficient (Wildman–Crippen LogP) is 7.67. The van der Waals surface area contributed by atoms with Crippen LogP contribution in [0, 0.1) is 27.7 Å². The number of nitrogens with zero attached hydrogens (tertiary/aromatic N) is 8. The van der Waals surface area contributed by atoms with Crippen molar-refractivity contribution in [2.75, 3.05) is 37.7 Å². The Labute approximate surface area is 318 Å². The van der Waals surface area contributed by atoms with Gasteiger partial charge in [0.25, 0.3) is 0 Å². The first-order valence-electron chi connectivity index (χ1n) is 16.6. The van der Waals surface area contributed by atoms with Crippen LogP contribution in [0.4, 0.5) is 0 Å². The van der Waals surface area contributed by atoms with Gasteiger partial charge in [0.05, 0.1) is 11.4 Å². The van der Waals surface area contributed by atoms with Crippen molar-refractivity contribution in [3.8, 4) is 0 Å². The van der Waals surface area contributed by atoms with Crippen LogP contribution in [0.5, 0.6) is 0 Å². The zero-order valence-electron chi connectivity index (χ0n) is 28.2. The van der Waals surface area contributed by atoms with Crippen molar-refractivity contribution in [1.82, 2.24) is 19.6 Å². The molecule has 6 rings (SSSR count). The van der Waals surface area contributed by atoms with Crippen LogP contribution in [0.2, 0.25) is 0 Å². The molecule has 0 N–H and O–H groups in total. The van der Waals surface area contributed by atoms with Gasteiger partial charge in [-0.25, -0.2) is 0 Å². The van der Waals surface area contributed by atoms with E-state index in [1.54, 1.807) is 0 Å². The molecule has 3 fully saturated rings. The number of aromatic nitrogens is 4. The van der Waals surface area contributed by atoms with Crippen LogP contribution >= 0.6 is 0 Å². The van der Waals surface area contributed by atoms with Gasteiger partial charge in [0.15, 0.2) is 0 Å². The van der Waals surface area contributed by atoms with Crippen molar-refractivity contribution < 1.29 is 40.8 Å². The summed E-state index contributed by atoms with van der Waals surface area (Å²) in [7, 11) is 0. The quantitative estimate of drug-likeness (QED) is 0.221. The maximum Gasteiger partial charge on any atom is 0.0596 e. The van der Waals surface area contributed by atoms with E-state index in [4.69, 9.17) is 25.3 Å². The number of aryl methyl sites for hydroxylation is 6. The molecule has 4 aliphatic rings. The van der Waals surface area contributed by atoms with E-state index in [1.165, 1.54) is 74.9 Å². The molecule has 0 amide bonds. The molecule has 3 unspecified atom stereocenters. The zero-order valence-corrected chi connectivity index (χ0v) is 32.9. The van der Waals surface area contributed by atoms with Gasteiger partial charge in [-0.1, -0.05) is 69.9 Å². The second-order valence-corrected chi connectivity index (χ2v) is 12.7. The molecule has 0 aliphatic carbocycles. The summed E-state index contributed by atoms with van der Waals surface area (Å²) in [4.78, 5) is 0. The summed E-state index contributed by atoms with van der Waals surface area (Å²) in [5.74, 6) is 1.48. The van der Waals surface area contributed by atoms with E-state index in [0.717, 1.165) is 62.2 Å². The molecular formula is C34H54N8Pd2S2-6. The zero-order chi connectivity index (χ0) is 31.6. The van der Waals surface area contributed by atoms with Crippen LogP contribution in [0.3, 0.4) is 0 Å². The van der Waals surface area contributed by atoms with Crippen molar-refractivity contribution in [2.45, 2.75) is 117 Å². The van der Waals surface area contributed by atoms with E-state index >= 15 is 0 Å². The largest absolute Gasteiger partial charge is 0.791 e. The molecule has 4 aliphatic heterocycles. The fraction of sp³-hybridized carbons (Fsp3) is 0.706. The Morgan fingerprint density at radius 2 is 1.17 bits per heavy atom. The van der Waals surface area contributed by atoms with Crippen LogP contribution in [0.25, 0.3) is 21.3 Å². The molecule has 0 radical (unpaired) electrons. The summed E-state index contributed by atoms with van der Waals surface area (Å²) in [6.45, 7) is 13.9. The number of hydrogen-bond acceptors (Lipinski definition) is 4. The van der Waals surface area contributed by atoms with Gasteiger partial charge in [-0.05, 0) is 39.8 Å². The summed E-state index contributed by atoms with van der Waals surface area (Å²) in [6.07, 6.45) is 18.0. The Kier molecular flexibility index (Phi) is 24.2. The minimum absolute atomic E-state index is 0. The van der Waals surface area contributed by atoms with Gasteiger partial charge in [0, 0.05) is 65.3 Å². The fourth-order valence-corrected chi connectivity index (χ4v) is 6.26. The number of hydrogen-bond donors (Lipinski definition) is 0. The van der Waals surface area contributed by atoms with Crippen molar-refractivity contribution in [3.05, 3.63) is 80.1 Å². The topological polar surface area (TPSA) is 92.0 Å². The van der Waals surface area contributed by atoms with Crippen LogP contribution in [-0.2, 0) is 79.2 Å². The summed E-state index contributed by atoms with van der Waals surface area (Å²) < 4.78 is 3.89. The van der Waals surface area contributed by atoms with E-state index < -0.39 is 0 Å². The predicted molar refractivity (Wildman–Crippen MR) is 191 cm³/mol. The molecule has 0 spiro atoms. The van der Waals surface area contributed by atoms with E-state index in [1.807, 2.05) is 37.1 Å². The van der Waals surface area contributed by atoms with Crippen LogP contribution < -0.4 is 0 Å². The second-order valence-electron chi connectivity index (χ2n) is 11.9. The van der Waals surface area contributed by atoms with Gasteiger partial charge < -0.3 is 46.5 Å². The normalized spacial score (nSPS) is 22.0. The van der Waals surface area contributed by atoms with Crippen molar-refractivity contribution in [3.63, 3.8) is 0 Å². The van der Waals surface area contributed by atoms with Gasteiger partial charge in [0.2, 0.25) is 0 Å². The molecule has 3 atom stereocenters. The Hall–Kier alpha value is -0.395. The van der Waals surface area contributed by atoms with E-state index in [9.17, 15) is 0 Å². The Morgan fingerprint density at radius 1 is 0.696 bits per heavy atom. The Bertz CT molecular complexity index is 1050. The van der Waals surface area contributed by atoms with Crippen molar-refractivity contribution >= 4 is 25.3 Å². The minimum Gasteiger partial charge on any atom is -0.791 e. The van der Waals surface area contributed by atoms with Gasteiger partial charge in [-0.2, -0.15) is 39.5 Å². The second kappa shape index (κ2) is 25.6. The third kappa shape index (κ3) is 16.3. The van der Waals surface area contributed by atoms with E-state index in [2.05, 4.69) is 61.8 Å². The van der Waals surface area contributed by atoms with Crippen LogP contribution in [-0.4, -0.2) is 75.4 Å². The van der Waals surface area contributed by atoms with Crippen molar-refractivity contribution in [1.29, 1.82) is 0 Å². The molecule has 0 saturated carbocycles. The molecule has 6 heterocycles. The van der Waals surface area contributed by atoms with Crippen molar-refractivity contribution in [2.24, 2.45) is 0 Å². The van der Waals surface area contributed by atoms with E-state index in [0.29, 0.717) is 18.1 Å². The first kappa shape index (κ1) is 43.6. The summed E-state index contributed by atoms with van der Waals surface area (Å²) >= 11 is 9.68. The van der Waals surface area contributed by atoms with Crippen LogP contribution in [0.15, 0.2) is 36.1 Å². The standard InChI is InChI=1S/C10H18N2.C10H14N2.2C7H12N2S.2Pd/c2*1-3-7-11-9(5-1)10-6-2-4-8-12-10;2*1-6-5-7(2)9(8-6)3-4-10;;/h9-10H,1-8H2;1,3,5,10H,2,4,6-8H2;2*5,10H,3-4H2,1-2H3;;/q2*-2;;;;/p-2. The first-order chi connectivity index (χ1) is 21.4. The van der Waals surface area contributed by atoms with Gasteiger partial charge in [-0.3, -0.25) is 9.36 Å². The molecule has 3 saturated heterocycles. The maximum atomic E-state index is 4.84. The first-order valence-corrected chi connectivity index (χ1v) is 17.8. The average Bonchev–Trinajstić information content (AvgIpc) is 3.57. The summed E-state index contributed by atoms with van der Waals surface area (Å²) in [6, 6.07) is 5.72. The van der Waals surface area contributed by atoms with Crippen LogP contribution in [0.1, 0.15) is 80.6 Å². The molecule has 12 heteroatoms. The summed E-state index contributed by atoms with van der Waals surface area (Å²) in [5.41, 5.74) is 5.73. The minimum atomic E-state index is 0. The molecule has 46 heavy (non-hydrogen) atoms. The maximum absolute atomic E-state index is 4.84. The van der Waals surface area contributed by atoms with Gasteiger partial charge in [0.1, 0.15) is 0 Å². The molecule has 2 aromatic heterocycles. The third-order valence-corrected chi connectivity index (χ3v) is 8.52. The molecule has 8 nitrogen and oxygen atoms in total. The Morgan fingerprint density at radius 3 is 1.50 bits per heavy atom. The number of allylic oxidation sites excluding steroid dienone is 2. The SMILES string of the molecule is C1=CC[N-]C(C2CCCC[N-]2)=C1.C1CCC(C2CCCC[N-]2)[N-]C1.Cc1cc(C)n(CC[S-])n1.Cc1cc(C)n(CC[S-])n1.[Pd].[Pd]. The van der Waals surface area contributed by atoms with Gasteiger partial charge >= 0.3 is 0 Å². The molecular weight excluding hydrogens is 797 g/mol. The molecule has 268 valence electrons. The molecule has 0 bridgehead atoms. The third-order valence-electron chi connectivity index (χ3n) is 8.16. The number of rotatable bonds is 6. The molecule has 2 aromatic rings. The number of piperidine rings is 3. The van der Waals surface area contributed by atoms with E-state index in [-0.39, 0.29) is 40.8 Å².